The molecule has 0 aliphatic carbocycles. The summed E-state index contributed by atoms with van der Waals surface area (Å²) in [4.78, 5) is 9.69. The number of halogens is 2. The molecule has 0 radical (unpaired) electrons. The zero-order valence-corrected chi connectivity index (χ0v) is 19.5. The fraction of sp³-hybridized carbons (Fsp3) is 0.650. The molecule has 0 spiro atoms. The molecule has 0 amide bonds. The Bertz CT molecular complexity index is 612. The molecule has 2 aliphatic rings. The Morgan fingerprint density at radius 2 is 2.11 bits per heavy atom. The highest BCUT2D eigenvalue weighted by Crippen LogP contribution is 2.23. The molecule has 0 bridgehead atoms. The zero-order chi connectivity index (χ0) is 18.4. The second-order valence-corrected chi connectivity index (χ2v) is 7.98. The van der Waals surface area contributed by atoms with E-state index in [9.17, 15) is 0 Å². The minimum atomic E-state index is 0. The fourth-order valence-corrected chi connectivity index (χ4v) is 4.13. The molecule has 2 atom stereocenters. The van der Waals surface area contributed by atoms with Gasteiger partial charge in [-0.3, -0.25) is 4.99 Å². The first kappa shape index (κ1) is 22.6. The molecule has 1 aromatic carbocycles. The lowest BCUT2D eigenvalue weighted by atomic mass is 9.99. The van der Waals surface area contributed by atoms with Crippen LogP contribution in [0.2, 0.25) is 5.02 Å². The Kier molecular flexibility index (Phi) is 9.45. The summed E-state index contributed by atoms with van der Waals surface area (Å²) in [6, 6.07) is 8.54. The monoisotopic (exact) mass is 505 g/mol. The van der Waals surface area contributed by atoms with Crippen LogP contribution in [0.1, 0.15) is 26.2 Å². The van der Waals surface area contributed by atoms with Gasteiger partial charge in [-0.25, -0.2) is 0 Å². The molecule has 5 nitrogen and oxygen atoms in total. The van der Waals surface area contributed by atoms with Crippen molar-refractivity contribution in [3.05, 3.63) is 29.3 Å². The van der Waals surface area contributed by atoms with E-state index in [1.165, 1.54) is 25.1 Å². The van der Waals surface area contributed by atoms with Gasteiger partial charge in [-0.15, -0.1) is 24.0 Å². The summed E-state index contributed by atoms with van der Waals surface area (Å²) in [6.07, 6.45) is 3.69. The van der Waals surface area contributed by atoms with E-state index in [0.29, 0.717) is 12.0 Å². The maximum absolute atomic E-state index is 6.14. The van der Waals surface area contributed by atoms with Gasteiger partial charge in [-0.1, -0.05) is 17.7 Å². The number of rotatable bonds is 5. The van der Waals surface area contributed by atoms with E-state index in [0.717, 1.165) is 50.1 Å². The predicted molar refractivity (Wildman–Crippen MR) is 127 cm³/mol. The number of aliphatic imine (C=N–C) groups is 1. The fourth-order valence-electron chi connectivity index (χ4n) is 3.94. The van der Waals surface area contributed by atoms with Crippen LogP contribution in [-0.4, -0.2) is 63.2 Å². The molecule has 0 aromatic heterocycles. The highest BCUT2D eigenvalue weighted by atomic mass is 127. The topological polar surface area (TPSA) is 42.9 Å². The van der Waals surface area contributed by atoms with E-state index in [4.69, 9.17) is 16.6 Å². The molecule has 2 fully saturated rings. The number of nitrogens with one attached hydrogen (secondary N) is 2. The average molecular weight is 506 g/mol. The van der Waals surface area contributed by atoms with E-state index >= 15 is 0 Å². The van der Waals surface area contributed by atoms with Crippen LogP contribution in [0.15, 0.2) is 29.3 Å². The molecule has 2 saturated heterocycles. The standard InChI is InChI=1S/C20H32ClN5.HI/c1-3-22-20(23-13-16-6-5-10-25(2)14-16)24-18-9-11-26(15-18)19-8-4-7-17(21)12-19;/h4,7-8,12,16,18H,3,5-6,9-11,13-15H2,1-2H3,(H2,22,23,24);1H. The van der Waals surface area contributed by atoms with Crippen LogP contribution in [-0.2, 0) is 0 Å². The lowest BCUT2D eigenvalue weighted by Crippen LogP contribution is -2.45. The first-order valence-corrected chi connectivity index (χ1v) is 10.3. The van der Waals surface area contributed by atoms with Crippen LogP contribution in [0.25, 0.3) is 0 Å². The first-order chi connectivity index (χ1) is 12.6. The summed E-state index contributed by atoms with van der Waals surface area (Å²) in [6.45, 7) is 8.33. The summed E-state index contributed by atoms with van der Waals surface area (Å²) in [5.74, 6) is 1.63. The van der Waals surface area contributed by atoms with Gasteiger partial charge in [-0.2, -0.15) is 0 Å². The molecule has 27 heavy (non-hydrogen) atoms. The molecule has 2 unspecified atom stereocenters. The lowest BCUT2D eigenvalue weighted by Gasteiger charge is -2.29. The zero-order valence-electron chi connectivity index (χ0n) is 16.5. The maximum atomic E-state index is 6.14. The van der Waals surface area contributed by atoms with Crippen LogP contribution in [0.5, 0.6) is 0 Å². The molecule has 2 heterocycles. The molecule has 0 saturated carbocycles. The quantitative estimate of drug-likeness (QED) is 0.366. The van der Waals surface area contributed by atoms with Crippen molar-refractivity contribution in [3.8, 4) is 0 Å². The molecule has 2 N–H and O–H groups in total. The highest BCUT2D eigenvalue weighted by Gasteiger charge is 2.24. The van der Waals surface area contributed by atoms with Crippen molar-refractivity contribution in [2.75, 3.05) is 51.2 Å². The van der Waals surface area contributed by atoms with E-state index in [2.05, 4.69) is 40.5 Å². The summed E-state index contributed by atoms with van der Waals surface area (Å²) in [7, 11) is 2.21. The van der Waals surface area contributed by atoms with E-state index in [1.807, 2.05) is 18.2 Å². The van der Waals surface area contributed by atoms with Gasteiger partial charge in [0, 0.05) is 49.5 Å². The van der Waals surface area contributed by atoms with Gasteiger partial charge in [0.25, 0.3) is 0 Å². The van der Waals surface area contributed by atoms with Crippen molar-refractivity contribution in [1.29, 1.82) is 0 Å². The van der Waals surface area contributed by atoms with Crippen LogP contribution < -0.4 is 15.5 Å². The summed E-state index contributed by atoms with van der Waals surface area (Å²) >= 11 is 6.14. The average Bonchev–Trinajstić information content (AvgIpc) is 3.09. The Labute approximate surface area is 185 Å². The van der Waals surface area contributed by atoms with Crippen LogP contribution in [0.3, 0.4) is 0 Å². The number of hydrogen-bond donors (Lipinski definition) is 2. The van der Waals surface area contributed by atoms with Crippen molar-refractivity contribution < 1.29 is 0 Å². The van der Waals surface area contributed by atoms with Crippen molar-refractivity contribution >= 4 is 47.2 Å². The van der Waals surface area contributed by atoms with Gasteiger partial charge < -0.3 is 20.4 Å². The minimum Gasteiger partial charge on any atom is -0.369 e. The Morgan fingerprint density at radius 1 is 1.26 bits per heavy atom. The number of anilines is 1. The van der Waals surface area contributed by atoms with Gasteiger partial charge in [-0.05, 0) is 63.9 Å². The Morgan fingerprint density at radius 3 is 2.85 bits per heavy atom. The number of likely N-dealkylation sites (tertiary alicyclic amines) is 1. The smallest absolute Gasteiger partial charge is 0.191 e. The van der Waals surface area contributed by atoms with Gasteiger partial charge in [0.2, 0.25) is 0 Å². The van der Waals surface area contributed by atoms with Gasteiger partial charge in [0.1, 0.15) is 0 Å². The molecular weight excluding hydrogens is 473 g/mol. The summed E-state index contributed by atoms with van der Waals surface area (Å²) in [5, 5.41) is 7.84. The minimum absolute atomic E-state index is 0. The third kappa shape index (κ3) is 6.98. The summed E-state index contributed by atoms with van der Waals surface area (Å²) in [5.41, 5.74) is 1.20. The number of hydrogen-bond acceptors (Lipinski definition) is 3. The Balaban J connectivity index is 0.00000261. The number of piperidine rings is 1. The van der Waals surface area contributed by atoms with Gasteiger partial charge in [0.15, 0.2) is 5.96 Å². The SMILES string of the molecule is CCNC(=NCC1CCCN(C)C1)NC1CCN(c2cccc(Cl)c2)C1.I. The van der Waals surface area contributed by atoms with Crippen LogP contribution >= 0.6 is 35.6 Å². The van der Waals surface area contributed by atoms with Crippen molar-refractivity contribution in [2.24, 2.45) is 10.9 Å². The van der Waals surface area contributed by atoms with E-state index < -0.39 is 0 Å². The molecular formula is C20H33ClIN5. The summed E-state index contributed by atoms with van der Waals surface area (Å²) < 4.78 is 0. The van der Waals surface area contributed by atoms with Crippen LogP contribution in [0.4, 0.5) is 5.69 Å². The van der Waals surface area contributed by atoms with Crippen LogP contribution in [0, 0.1) is 5.92 Å². The van der Waals surface area contributed by atoms with Crippen molar-refractivity contribution in [2.45, 2.75) is 32.2 Å². The largest absolute Gasteiger partial charge is 0.369 e. The van der Waals surface area contributed by atoms with E-state index in [1.54, 1.807) is 0 Å². The number of guanidine groups is 1. The number of nitrogens with zero attached hydrogens (tertiary/aromatic N) is 3. The molecule has 3 rings (SSSR count). The molecule has 152 valence electrons. The highest BCUT2D eigenvalue weighted by molar-refractivity contribution is 14.0. The maximum Gasteiger partial charge on any atom is 0.191 e. The molecule has 2 aliphatic heterocycles. The lowest BCUT2D eigenvalue weighted by molar-refractivity contribution is 0.214. The molecule has 7 heteroatoms. The molecule has 1 aromatic rings. The third-order valence-corrected chi connectivity index (χ3v) is 5.51. The van der Waals surface area contributed by atoms with Crippen molar-refractivity contribution in [3.63, 3.8) is 0 Å². The first-order valence-electron chi connectivity index (χ1n) is 9.88. The third-order valence-electron chi connectivity index (χ3n) is 5.28. The normalized spacial score (nSPS) is 23.8. The predicted octanol–water partition coefficient (Wildman–Crippen LogP) is 3.43. The second kappa shape index (κ2) is 11.3. The second-order valence-electron chi connectivity index (χ2n) is 7.55. The number of benzene rings is 1. The Hall–Kier alpha value is -0.730. The van der Waals surface area contributed by atoms with Gasteiger partial charge >= 0.3 is 0 Å². The van der Waals surface area contributed by atoms with Crippen molar-refractivity contribution in [1.82, 2.24) is 15.5 Å². The van der Waals surface area contributed by atoms with Gasteiger partial charge in [0.05, 0.1) is 0 Å². The van der Waals surface area contributed by atoms with E-state index in [-0.39, 0.29) is 24.0 Å².